The highest BCUT2D eigenvalue weighted by Crippen LogP contribution is 1.90. The molecule has 0 aromatic rings. The van der Waals surface area contributed by atoms with Crippen LogP contribution in [0.5, 0.6) is 0 Å². The third-order valence-corrected chi connectivity index (χ3v) is 1.71. The first kappa shape index (κ1) is 13.9. The quantitative estimate of drug-likeness (QED) is 0.544. The second kappa shape index (κ2) is 8.19. The Morgan fingerprint density at radius 2 is 2.07 bits per heavy atom. The van der Waals surface area contributed by atoms with Gasteiger partial charge in [0.15, 0.2) is 0 Å². The maximum atomic E-state index is 11.1. The Balaban J connectivity index is 3.67. The Kier molecular flexibility index (Phi) is 7.57. The summed E-state index contributed by atoms with van der Waals surface area (Å²) >= 11 is 0. The summed E-state index contributed by atoms with van der Waals surface area (Å²) in [6.45, 7) is 2.26. The molecule has 1 amide bonds. The van der Waals surface area contributed by atoms with Crippen LogP contribution in [0.1, 0.15) is 13.3 Å². The number of rotatable bonds is 8. The highest BCUT2D eigenvalue weighted by Gasteiger charge is 2.16. The van der Waals surface area contributed by atoms with Gasteiger partial charge in [0.05, 0.1) is 13.2 Å². The van der Waals surface area contributed by atoms with Crippen molar-refractivity contribution in [3.8, 4) is 0 Å². The molecule has 0 aliphatic rings. The normalized spacial score (nSPS) is 12.1. The molecule has 1 unspecified atom stereocenters. The highest BCUT2D eigenvalue weighted by molar-refractivity contribution is 5.84. The van der Waals surface area contributed by atoms with Crippen LogP contribution in [0.4, 0.5) is 0 Å². The molecule has 0 aromatic heterocycles. The van der Waals surface area contributed by atoms with Gasteiger partial charge in [-0.2, -0.15) is 0 Å². The standard InChI is InChI=1S/C9H17NO5/c1-3-7(9(12)13)10-8(11)6-15-5-4-14-2/h7H,3-6H2,1-2H3,(H,10,11)(H,12,13). The van der Waals surface area contributed by atoms with Gasteiger partial charge in [-0.15, -0.1) is 0 Å². The first-order valence-corrected chi connectivity index (χ1v) is 4.70. The van der Waals surface area contributed by atoms with E-state index in [1.165, 1.54) is 7.11 Å². The number of carboxylic acid groups (broad SMARTS) is 1. The topological polar surface area (TPSA) is 84.9 Å². The van der Waals surface area contributed by atoms with Crippen LogP contribution in [0.25, 0.3) is 0 Å². The van der Waals surface area contributed by atoms with Crippen molar-refractivity contribution in [2.75, 3.05) is 26.9 Å². The van der Waals surface area contributed by atoms with E-state index in [0.29, 0.717) is 19.6 Å². The fourth-order valence-electron chi connectivity index (χ4n) is 0.882. The van der Waals surface area contributed by atoms with Crippen molar-refractivity contribution in [1.82, 2.24) is 5.32 Å². The van der Waals surface area contributed by atoms with Crippen LogP contribution in [-0.4, -0.2) is 50.0 Å². The van der Waals surface area contributed by atoms with Gasteiger partial charge in [0.25, 0.3) is 0 Å². The number of amides is 1. The molecule has 88 valence electrons. The number of hydrogen-bond donors (Lipinski definition) is 2. The van der Waals surface area contributed by atoms with E-state index < -0.39 is 17.9 Å². The Hall–Kier alpha value is -1.14. The van der Waals surface area contributed by atoms with Crippen molar-refractivity contribution in [3.05, 3.63) is 0 Å². The zero-order valence-electron chi connectivity index (χ0n) is 8.99. The van der Waals surface area contributed by atoms with E-state index in [9.17, 15) is 9.59 Å². The lowest BCUT2D eigenvalue weighted by Crippen LogP contribution is -2.42. The predicted molar refractivity (Wildman–Crippen MR) is 52.6 cm³/mol. The molecular weight excluding hydrogens is 202 g/mol. The second-order valence-corrected chi connectivity index (χ2v) is 2.91. The minimum absolute atomic E-state index is 0.146. The van der Waals surface area contributed by atoms with Crippen molar-refractivity contribution in [1.29, 1.82) is 0 Å². The lowest BCUT2D eigenvalue weighted by atomic mass is 10.2. The molecule has 0 saturated heterocycles. The van der Waals surface area contributed by atoms with Gasteiger partial charge in [0.1, 0.15) is 12.6 Å². The zero-order chi connectivity index (χ0) is 11.7. The highest BCUT2D eigenvalue weighted by atomic mass is 16.5. The third-order valence-electron chi connectivity index (χ3n) is 1.71. The maximum Gasteiger partial charge on any atom is 0.326 e. The lowest BCUT2D eigenvalue weighted by Gasteiger charge is -2.12. The van der Waals surface area contributed by atoms with Crippen molar-refractivity contribution in [2.24, 2.45) is 0 Å². The van der Waals surface area contributed by atoms with E-state index in [0.717, 1.165) is 0 Å². The van der Waals surface area contributed by atoms with Gasteiger partial charge in [0, 0.05) is 7.11 Å². The van der Waals surface area contributed by atoms with Gasteiger partial charge in [-0.1, -0.05) is 6.92 Å². The van der Waals surface area contributed by atoms with Crippen molar-refractivity contribution in [3.63, 3.8) is 0 Å². The molecule has 0 spiro atoms. The van der Waals surface area contributed by atoms with E-state index >= 15 is 0 Å². The number of ether oxygens (including phenoxy) is 2. The number of carbonyl (C=O) groups is 2. The maximum absolute atomic E-state index is 11.1. The monoisotopic (exact) mass is 219 g/mol. The van der Waals surface area contributed by atoms with Gasteiger partial charge in [0.2, 0.25) is 5.91 Å². The minimum Gasteiger partial charge on any atom is -0.480 e. The van der Waals surface area contributed by atoms with Crippen LogP contribution in [0.3, 0.4) is 0 Å². The minimum atomic E-state index is -1.04. The first-order chi connectivity index (χ1) is 7.11. The number of nitrogens with one attached hydrogen (secondary N) is 1. The van der Waals surface area contributed by atoms with Crippen LogP contribution < -0.4 is 5.32 Å². The van der Waals surface area contributed by atoms with Gasteiger partial charge in [-0.3, -0.25) is 4.79 Å². The predicted octanol–water partition coefficient (Wildman–Crippen LogP) is -0.371. The van der Waals surface area contributed by atoms with E-state index in [1.54, 1.807) is 6.92 Å². The summed E-state index contributed by atoms with van der Waals surface area (Å²) in [5.74, 6) is -1.47. The SMILES string of the molecule is CCC(NC(=O)COCCOC)C(=O)O. The van der Waals surface area contributed by atoms with Crippen molar-refractivity contribution >= 4 is 11.9 Å². The van der Waals surface area contributed by atoms with Gasteiger partial charge in [-0.25, -0.2) is 4.79 Å². The molecule has 1 atom stereocenters. The van der Waals surface area contributed by atoms with Crippen LogP contribution in [-0.2, 0) is 19.1 Å². The number of hydrogen-bond acceptors (Lipinski definition) is 4. The van der Waals surface area contributed by atoms with Gasteiger partial charge in [-0.05, 0) is 6.42 Å². The Bertz CT molecular complexity index is 207. The van der Waals surface area contributed by atoms with Crippen molar-refractivity contribution in [2.45, 2.75) is 19.4 Å². The summed E-state index contributed by atoms with van der Waals surface area (Å²) < 4.78 is 9.64. The molecule has 6 nitrogen and oxygen atoms in total. The molecule has 0 rings (SSSR count). The number of aliphatic carboxylic acids is 1. The van der Waals surface area contributed by atoms with Crippen molar-refractivity contribution < 1.29 is 24.2 Å². The van der Waals surface area contributed by atoms with E-state index in [2.05, 4.69) is 5.32 Å². The molecule has 0 bridgehead atoms. The van der Waals surface area contributed by atoms with Crippen LogP contribution in [0.2, 0.25) is 0 Å². The summed E-state index contributed by atoms with van der Waals surface area (Å²) in [4.78, 5) is 21.7. The molecule has 0 aromatic carbocycles. The number of methoxy groups -OCH3 is 1. The zero-order valence-corrected chi connectivity index (χ0v) is 8.99. The average Bonchev–Trinajstić information content (AvgIpc) is 2.20. The van der Waals surface area contributed by atoms with Gasteiger partial charge >= 0.3 is 5.97 Å². The lowest BCUT2D eigenvalue weighted by molar-refractivity contribution is -0.142. The van der Waals surface area contributed by atoms with E-state index in [1.807, 2.05) is 0 Å². The first-order valence-electron chi connectivity index (χ1n) is 4.70. The smallest absolute Gasteiger partial charge is 0.326 e. The molecule has 0 radical (unpaired) electrons. The van der Waals surface area contributed by atoms with Crippen LogP contribution in [0.15, 0.2) is 0 Å². The fourth-order valence-corrected chi connectivity index (χ4v) is 0.882. The average molecular weight is 219 g/mol. The Labute approximate surface area is 88.6 Å². The molecule has 0 saturated carbocycles. The molecule has 0 heterocycles. The molecular formula is C9H17NO5. The van der Waals surface area contributed by atoms with E-state index in [-0.39, 0.29) is 6.61 Å². The third kappa shape index (κ3) is 6.87. The second-order valence-electron chi connectivity index (χ2n) is 2.91. The summed E-state index contributed by atoms with van der Waals surface area (Å²) in [5, 5.41) is 11.0. The number of carboxylic acids is 1. The number of carbonyl (C=O) groups excluding carboxylic acids is 1. The summed E-state index contributed by atoms with van der Waals surface area (Å²) in [6.07, 6.45) is 0.346. The molecule has 15 heavy (non-hydrogen) atoms. The Morgan fingerprint density at radius 1 is 1.40 bits per heavy atom. The van der Waals surface area contributed by atoms with Crippen LogP contribution >= 0.6 is 0 Å². The Morgan fingerprint density at radius 3 is 2.53 bits per heavy atom. The molecule has 6 heteroatoms. The van der Waals surface area contributed by atoms with E-state index in [4.69, 9.17) is 14.6 Å². The van der Waals surface area contributed by atoms with Crippen LogP contribution in [0, 0.1) is 0 Å². The molecule has 0 aliphatic carbocycles. The molecule has 0 aliphatic heterocycles. The fraction of sp³-hybridized carbons (Fsp3) is 0.778. The largest absolute Gasteiger partial charge is 0.480 e. The summed E-state index contributed by atoms with van der Waals surface area (Å²) in [5.41, 5.74) is 0. The summed E-state index contributed by atoms with van der Waals surface area (Å²) in [7, 11) is 1.53. The van der Waals surface area contributed by atoms with Gasteiger partial charge < -0.3 is 19.9 Å². The summed E-state index contributed by atoms with van der Waals surface area (Å²) in [6, 6.07) is -0.844. The molecule has 2 N–H and O–H groups in total. The molecule has 0 fully saturated rings.